The SMILES string of the molecule is CC1=Cc2c(cccc2-c2ccccc2)C1.C[SiH]C.[Ti]. The van der Waals surface area contributed by atoms with Gasteiger partial charge >= 0.3 is 0 Å². The molecule has 3 rings (SSSR count). The van der Waals surface area contributed by atoms with Crippen molar-refractivity contribution in [3.63, 3.8) is 0 Å². The van der Waals surface area contributed by atoms with Crippen molar-refractivity contribution >= 4 is 15.6 Å². The first kappa shape index (κ1) is 17.2. The van der Waals surface area contributed by atoms with Crippen molar-refractivity contribution in [3.05, 3.63) is 65.2 Å². The van der Waals surface area contributed by atoms with E-state index in [0.29, 0.717) is 0 Å². The molecule has 101 valence electrons. The molecule has 1 aliphatic rings. The third-order valence-electron chi connectivity index (χ3n) is 3.14. The van der Waals surface area contributed by atoms with E-state index >= 15 is 0 Å². The summed E-state index contributed by atoms with van der Waals surface area (Å²) >= 11 is 0. The smallest absolute Gasteiger partial charge is 0.0213 e. The van der Waals surface area contributed by atoms with E-state index < -0.39 is 0 Å². The maximum atomic E-state index is 2.32. The molecular formula is C18H21SiTi. The van der Waals surface area contributed by atoms with Crippen LogP contribution in [-0.4, -0.2) is 9.52 Å². The van der Waals surface area contributed by atoms with Gasteiger partial charge in [-0.15, -0.1) is 0 Å². The monoisotopic (exact) mass is 313 g/mol. The first-order chi connectivity index (χ1) is 9.26. The Bertz CT molecular complexity index is 573. The Morgan fingerprint density at radius 3 is 2.20 bits per heavy atom. The summed E-state index contributed by atoms with van der Waals surface area (Å²) in [6, 6.07) is 17.2. The second kappa shape index (κ2) is 8.41. The largest absolute Gasteiger partial charge is 0.0743 e. The van der Waals surface area contributed by atoms with Gasteiger partial charge in [-0.1, -0.05) is 73.3 Å². The van der Waals surface area contributed by atoms with Crippen LogP contribution in [0.25, 0.3) is 17.2 Å². The second-order valence-electron chi connectivity index (χ2n) is 4.99. The first-order valence-electron chi connectivity index (χ1n) is 6.84. The van der Waals surface area contributed by atoms with Crippen molar-refractivity contribution in [3.8, 4) is 11.1 Å². The number of rotatable bonds is 1. The van der Waals surface area contributed by atoms with Gasteiger partial charge in [0.15, 0.2) is 0 Å². The van der Waals surface area contributed by atoms with Crippen LogP contribution in [0.2, 0.25) is 13.1 Å². The fourth-order valence-electron chi connectivity index (χ4n) is 2.40. The third kappa shape index (κ3) is 4.05. The molecule has 0 heterocycles. The van der Waals surface area contributed by atoms with E-state index in [0.717, 1.165) is 15.9 Å². The van der Waals surface area contributed by atoms with Crippen molar-refractivity contribution in [1.82, 2.24) is 0 Å². The fourth-order valence-corrected chi connectivity index (χ4v) is 2.40. The molecule has 0 saturated carbocycles. The zero-order valence-corrected chi connectivity index (χ0v) is 15.2. The van der Waals surface area contributed by atoms with E-state index in [9.17, 15) is 0 Å². The standard InChI is InChI=1S/C16H14.C2H7Si.Ti/c1-12-10-14-8-5-9-15(16(14)11-12)13-6-3-2-4-7-13;1-3-2;/h2-9,11H,10H2,1H3;3H,1-2H3;. The molecule has 0 fully saturated rings. The van der Waals surface area contributed by atoms with E-state index in [-0.39, 0.29) is 21.7 Å². The third-order valence-corrected chi connectivity index (χ3v) is 3.14. The molecule has 0 aliphatic heterocycles. The topological polar surface area (TPSA) is 0 Å². The molecule has 2 aromatic carbocycles. The van der Waals surface area contributed by atoms with Crippen LogP contribution in [-0.2, 0) is 28.1 Å². The van der Waals surface area contributed by atoms with Crippen molar-refractivity contribution in [2.24, 2.45) is 0 Å². The second-order valence-corrected chi connectivity index (χ2v) is 6.14. The maximum absolute atomic E-state index is 2.32. The minimum absolute atomic E-state index is 0. The zero-order valence-electron chi connectivity index (χ0n) is 12.5. The average molecular weight is 313 g/mol. The van der Waals surface area contributed by atoms with Crippen molar-refractivity contribution in [2.45, 2.75) is 26.4 Å². The normalized spacial score (nSPS) is 11.7. The van der Waals surface area contributed by atoms with E-state index in [2.05, 4.69) is 74.6 Å². The molecule has 1 radical (unpaired) electrons. The molecule has 2 heteroatoms. The quantitative estimate of drug-likeness (QED) is 0.662. The van der Waals surface area contributed by atoms with Gasteiger partial charge in [0.05, 0.1) is 0 Å². The van der Waals surface area contributed by atoms with Crippen LogP contribution in [0, 0.1) is 0 Å². The Morgan fingerprint density at radius 1 is 0.900 bits per heavy atom. The number of allylic oxidation sites excluding steroid dienone is 1. The summed E-state index contributed by atoms with van der Waals surface area (Å²) in [6.07, 6.45) is 3.42. The van der Waals surface area contributed by atoms with Gasteiger partial charge in [-0.25, -0.2) is 0 Å². The molecule has 0 unspecified atom stereocenters. The Labute approximate surface area is 140 Å². The fraction of sp³-hybridized carbons (Fsp3) is 0.222. The van der Waals surface area contributed by atoms with Crippen LogP contribution in [0.5, 0.6) is 0 Å². The van der Waals surface area contributed by atoms with E-state index in [1.165, 1.54) is 27.8 Å². The molecule has 0 aromatic heterocycles. The molecule has 0 nitrogen and oxygen atoms in total. The van der Waals surface area contributed by atoms with Gasteiger partial charge in [0.2, 0.25) is 0 Å². The van der Waals surface area contributed by atoms with Crippen LogP contribution >= 0.6 is 0 Å². The Morgan fingerprint density at radius 2 is 1.55 bits per heavy atom. The van der Waals surface area contributed by atoms with Crippen LogP contribution in [0.3, 0.4) is 0 Å². The molecule has 0 amide bonds. The van der Waals surface area contributed by atoms with Gasteiger partial charge < -0.3 is 0 Å². The average Bonchev–Trinajstić information content (AvgIpc) is 2.80. The molecule has 0 atom stereocenters. The van der Waals surface area contributed by atoms with Crippen LogP contribution in [0.4, 0.5) is 0 Å². The first-order valence-corrected chi connectivity index (χ1v) is 9.15. The van der Waals surface area contributed by atoms with Crippen molar-refractivity contribution in [2.75, 3.05) is 0 Å². The molecule has 1 aliphatic carbocycles. The molecule has 0 bridgehead atoms. The Hall–Kier alpha value is -0.889. The minimum Gasteiger partial charge on any atom is -0.0743 e. The number of hydrogen-bond acceptors (Lipinski definition) is 0. The maximum Gasteiger partial charge on any atom is 0.0213 e. The van der Waals surface area contributed by atoms with Crippen LogP contribution in [0.1, 0.15) is 18.1 Å². The van der Waals surface area contributed by atoms with Gasteiger partial charge in [0.25, 0.3) is 0 Å². The zero-order chi connectivity index (χ0) is 13.7. The Balaban J connectivity index is 0.000000462. The summed E-state index contributed by atoms with van der Waals surface area (Å²) in [4.78, 5) is 0. The predicted octanol–water partition coefficient (Wildman–Crippen LogP) is 4.83. The van der Waals surface area contributed by atoms with E-state index in [1.807, 2.05) is 0 Å². The minimum atomic E-state index is 0. The van der Waals surface area contributed by atoms with E-state index in [4.69, 9.17) is 0 Å². The van der Waals surface area contributed by atoms with Crippen molar-refractivity contribution < 1.29 is 21.7 Å². The molecule has 0 N–H and O–H groups in total. The molecule has 0 spiro atoms. The number of fused-ring (bicyclic) bond motifs is 1. The van der Waals surface area contributed by atoms with E-state index in [1.54, 1.807) is 0 Å². The van der Waals surface area contributed by atoms with Gasteiger partial charge in [-0.2, -0.15) is 0 Å². The predicted molar refractivity (Wildman–Crippen MR) is 88.1 cm³/mol. The summed E-state index contributed by atoms with van der Waals surface area (Å²) < 4.78 is 0. The molecule has 20 heavy (non-hydrogen) atoms. The summed E-state index contributed by atoms with van der Waals surface area (Å²) in [5.74, 6) is 0. The summed E-state index contributed by atoms with van der Waals surface area (Å²) in [5, 5.41) is 0. The number of hydrogen-bond donors (Lipinski definition) is 0. The number of benzene rings is 2. The van der Waals surface area contributed by atoms with Crippen LogP contribution in [0.15, 0.2) is 54.1 Å². The summed E-state index contributed by atoms with van der Waals surface area (Å²) in [6.45, 7) is 6.62. The van der Waals surface area contributed by atoms with Crippen LogP contribution < -0.4 is 0 Å². The molecular weight excluding hydrogens is 292 g/mol. The molecule has 2 aromatic rings. The van der Waals surface area contributed by atoms with Gasteiger partial charge in [0, 0.05) is 31.2 Å². The molecule has 0 saturated heterocycles. The van der Waals surface area contributed by atoms with Gasteiger partial charge in [0.1, 0.15) is 0 Å². The Kier molecular flexibility index (Phi) is 7.22. The summed E-state index contributed by atoms with van der Waals surface area (Å²) in [7, 11) is 0.750. The van der Waals surface area contributed by atoms with Crippen molar-refractivity contribution in [1.29, 1.82) is 0 Å². The van der Waals surface area contributed by atoms with Gasteiger partial charge in [-0.05, 0) is 35.6 Å². The summed E-state index contributed by atoms with van der Waals surface area (Å²) in [5.41, 5.74) is 6.99. The van der Waals surface area contributed by atoms with Gasteiger partial charge in [-0.3, -0.25) is 0 Å².